The molecule has 21 heavy (non-hydrogen) atoms. The van der Waals surface area contributed by atoms with Gasteiger partial charge in [0.05, 0.1) is 0 Å². The van der Waals surface area contributed by atoms with Gasteiger partial charge in [-0.3, -0.25) is 9.59 Å². The Morgan fingerprint density at radius 3 is 1.71 bits per heavy atom. The summed E-state index contributed by atoms with van der Waals surface area (Å²) in [6, 6.07) is 19.1. The van der Waals surface area contributed by atoms with Gasteiger partial charge < -0.3 is 4.74 Å². The zero-order valence-electron chi connectivity index (χ0n) is 12.2. The highest BCUT2D eigenvalue weighted by Gasteiger charge is 2.33. The van der Waals surface area contributed by atoms with Crippen LogP contribution in [-0.4, -0.2) is 11.8 Å². The first kappa shape index (κ1) is 15.0. The van der Waals surface area contributed by atoms with Crippen LogP contribution in [0.2, 0.25) is 0 Å². The Balaban J connectivity index is 2.40. The lowest BCUT2D eigenvalue weighted by Gasteiger charge is -2.30. The van der Waals surface area contributed by atoms with E-state index < -0.39 is 11.6 Å². The van der Waals surface area contributed by atoms with E-state index in [9.17, 15) is 9.59 Å². The average molecular weight is 282 g/mol. The number of carbonyl (C=O) groups excluding carboxylic acids is 2. The fraction of sp³-hybridized carbons (Fsp3) is 0.222. The van der Waals surface area contributed by atoms with E-state index in [1.54, 1.807) is 0 Å². The molecule has 0 bridgehead atoms. The molecule has 0 atom stereocenters. The van der Waals surface area contributed by atoms with Crippen LogP contribution in [0.1, 0.15) is 31.4 Å². The molecule has 0 spiro atoms. The molecule has 108 valence electrons. The van der Waals surface area contributed by atoms with E-state index in [2.05, 4.69) is 0 Å². The van der Waals surface area contributed by atoms with E-state index in [0.717, 1.165) is 11.1 Å². The zero-order chi connectivity index (χ0) is 15.3. The van der Waals surface area contributed by atoms with Gasteiger partial charge >= 0.3 is 5.97 Å². The van der Waals surface area contributed by atoms with Crippen LogP contribution >= 0.6 is 0 Å². The zero-order valence-corrected chi connectivity index (χ0v) is 12.2. The number of carbonyl (C=O) groups is 2. The van der Waals surface area contributed by atoms with E-state index >= 15 is 0 Å². The Hall–Kier alpha value is -2.42. The van der Waals surface area contributed by atoms with Crippen LogP contribution in [0.3, 0.4) is 0 Å². The highest BCUT2D eigenvalue weighted by atomic mass is 16.6. The van der Waals surface area contributed by atoms with Crippen LogP contribution in [-0.2, 0) is 19.9 Å². The lowest BCUT2D eigenvalue weighted by atomic mass is 9.88. The second kappa shape index (κ2) is 6.35. The maximum atomic E-state index is 12.0. The predicted molar refractivity (Wildman–Crippen MR) is 80.7 cm³/mol. The quantitative estimate of drug-likeness (QED) is 0.623. The molecule has 2 aromatic rings. The lowest BCUT2D eigenvalue weighted by Crippen LogP contribution is -2.31. The molecular formula is C18H18O3. The summed E-state index contributed by atoms with van der Waals surface area (Å²) in [4.78, 5) is 23.1. The van der Waals surface area contributed by atoms with Crippen LogP contribution in [0.25, 0.3) is 0 Å². The normalized spacial score (nSPS) is 11.0. The Morgan fingerprint density at radius 2 is 1.33 bits per heavy atom. The molecule has 3 heteroatoms. The Labute approximate surface area is 124 Å². The van der Waals surface area contributed by atoms with Crippen LogP contribution in [0.4, 0.5) is 0 Å². The molecule has 3 nitrogen and oxygen atoms in total. The van der Waals surface area contributed by atoms with Crippen molar-refractivity contribution < 1.29 is 14.3 Å². The third kappa shape index (κ3) is 3.57. The van der Waals surface area contributed by atoms with Crippen molar-refractivity contribution in [3.8, 4) is 0 Å². The van der Waals surface area contributed by atoms with E-state index in [1.807, 2.05) is 67.6 Å². The molecule has 2 aromatic carbocycles. The number of benzene rings is 2. The molecule has 0 heterocycles. The lowest BCUT2D eigenvalue weighted by molar-refractivity contribution is -0.156. The van der Waals surface area contributed by atoms with E-state index in [1.165, 1.54) is 6.92 Å². The van der Waals surface area contributed by atoms with Gasteiger partial charge in [-0.15, -0.1) is 0 Å². The molecule has 0 unspecified atom stereocenters. The van der Waals surface area contributed by atoms with Crippen LogP contribution < -0.4 is 0 Å². The molecule has 0 aliphatic heterocycles. The number of hydrogen-bond donors (Lipinski definition) is 0. The third-order valence-corrected chi connectivity index (χ3v) is 3.36. The van der Waals surface area contributed by atoms with Gasteiger partial charge in [0, 0.05) is 0 Å². The van der Waals surface area contributed by atoms with Crippen molar-refractivity contribution in [3.63, 3.8) is 0 Å². The summed E-state index contributed by atoms with van der Waals surface area (Å²) in [6.07, 6.45) is -0.213. The summed E-state index contributed by atoms with van der Waals surface area (Å²) < 4.78 is 5.66. The van der Waals surface area contributed by atoms with Crippen molar-refractivity contribution in [2.24, 2.45) is 0 Å². The minimum Gasteiger partial charge on any atom is -0.449 e. The maximum absolute atomic E-state index is 12.0. The summed E-state index contributed by atoms with van der Waals surface area (Å²) in [5.74, 6) is -0.721. The summed E-state index contributed by atoms with van der Waals surface area (Å²) in [6.45, 7) is 3.22. The van der Waals surface area contributed by atoms with Crippen molar-refractivity contribution in [3.05, 3.63) is 71.8 Å². The molecule has 2 rings (SSSR count). The average Bonchev–Trinajstić information content (AvgIpc) is 2.48. The topological polar surface area (TPSA) is 43.4 Å². The van der Waals surface area contributed by atoms with Crippen molar-refractivity contribution in [1.29, 1.82) is 0 Å². The molecule has 0 aromatic heterocycles. The maximum Gasteiger partial charge on any atom is 0.314 e. The molecule has 0 amide bonds. The Morgan fingerprint density at radius 1 is 0.905 bits per heavy atom. The van der Waals surface area contributed by atoms with Gasteiger partial charge in [-0.2, -0.15) is 0 Å². The first-order chi connectivity index (χ1) is 10.0. The number of rotatable bonds is 5. The molecule has 0 N–H and O–H groups in total. The summed E-state index contributed by atoms with van der Waals surface area (Å²) >= 11 is 0. The molecule has 0 fully saturated rings. The summed E-state index contributed by atoms with van der Waals surface area (Å²) in [5.41, 5.74) is 0.830. The summed E-state index contributed by atoms with van der Waals surface area (Å²) in [5, 5.41) is 0. The molecule has 0 radical (unpaired) electrons. The van der Waals surface area contributed by atoms with Crippen molar-refractivity contribution in [1.82, 2.24) is 0 Å². The fourth-order valence-corrected chi connectivity index (χ4v) is 2.26. The van der Waals surface area contributed by atoms with E-state index in [0.29, 0.717) is 0 Å². The van der Waals surface area contributed by atoms with Crippen LogP contribution in [0, 0.1) is 0 Å². The molecular weight excluding hydrogens is 264 g/mol. The van der Waals surface area contributed by atoms with Gasteiger partial charge in [0.25, 0.3) is 0 Å². The number of ketones is 1. The van der Waals surface area contributed by atoms with Crippen molar-refractivity contribution in [2.75, 3.05) is 0 Å². The highest BCUT2D eigenvalue weighted by Crippen LogP contribution is 2.33. The number of Topliss-reactive ketones (excluding diaryl/α,β-unsaturated/α-hetero) is 1. The first-order valence-corrected chi connectivity index (χ1v) is 6.84. The van der Waals surface area contributed by atoms with Gasteiger partial charge in [-0.05, 0) is 25.0 Å². The molecule has 0 aliphatic carbocycles. The van der Waals surface area contributed by atoms with Crippen LogP contribution in [0.5, 0.6) is 0 Å². The third-order valence-electron chi connectivity index (χ3n) is 3.36. The minimum absolute atomic E-state index is 0.205. The molecule has 0 aliphatic rings. The number of esters is 1. The van der Waals surface area contributed by atoms with Gasteiger partial charge in [0.15, 0.2) is 5.60 Å². The van der Waals surface area contributed by atoms with Gasteiger partial charge in [-0.25, -0.2) is 0 Å². The largest absolute Gasteiger partial charge is 0.449 e. The second-order valence-electron chi connectivity index (χ2n) is 5.12. The Kier molecular flexibility index (Phi) is 4.53. The predicted octanol–water partition coefficient (Wildman–Crippen LogP) is 3.47. The fourth-order valence-electron chi connectivity index (χ4n) is 2.26. The van der Waals surface area contributed by atoms with E-state index in [-0.39, 0.29) is 12.2 Å². The number of ether oxygens (including phenoxy) is 1. The van der Waals surface area contributed by atoms with Crippen molar-refractivity contribution in [2.45, 2.75) is 25.9 Å². The van der Waals surface area contributed by atoms with Crippen molar-refractivity contribution >= 4 is 11.8 Å². The Bertz CT molecular complexity index is 578. The standard InChI is InChI=1S/C18H18O3/c1-14(19)13-17(20)21-18(2,15-9-5-3-6-10-15)16-11-7-4-8-12-16/h3-12H,13H2,1-2H3. The SMILES string of the molecule is CC(=O)CC(=O)OC(C)(c1ccccc1)c1ccccc1. The molecule has 0 saturated carbocycles. The smallest absolute Gasteiger partial charge is 0.314 e. The first-order valence-electron chi connectivity index (χ1n) is 6.84. The molecule has 0 saturated heterocycles. The minimum atomic E-state index is -0.908. The van der Waals surface area contributed by atoms with Crippen LogP contribution in [0.15, 0.2) is 60.7 Å². The highest BCUT2D eigenvalue weighted by molar-refractivity contribution is 5.94. The monoisotopic (exact) mass is 282 g/mol. The van der Waals surface area contributed by atoms with Gasteiger partial charge in [0.2, 0.25) is 0 Å². The summed E-state index contributed by atoms with van der Waals surface area (Å²) in [7, 11) is 0. The van der Waals surface area contributed by atoms with Gasteiger partial charge in [-0.1, -0.05) is 60.7 Å². The second-order valence-corrected chi connectivity index (χ2v) is 5.12. The number of hydrogen-bond acceptors (Lipinski definition) is 3. The van der Waals surface area contributed by atoms with E-state index in [4.69, 9.17) is 4.74 Å². The van der Waals surface area contributed by atoms with Gasteiger partial charge in [0.1, 0.15) is 12.2 Å².